The number of piperidine rings is 1. The molecule has 0 saturated carbocycles. The van der Waals surface area contributed by atoms with E-state index in [4.69, 9.17) is 4.74 Å². The fourth-order valence-electron chi connectivity index (χ4n) is 3.20. The number of hydrogen-bond donors (Lipinski definition) is 0. The van der Waals surface area contributed by atoms with Gasteiger partial charge in [0.05, 0.1) is 12.2 Å². The van der Waals surface area contributed by atoms with Gasteiger partial charge in [0, 0.05) is 36.0 Å². The third-order valence-electron chi connectivity index (χ3n) is 4.20. The van der Waals surface area contributed by atoms with Crippen molar-refractivity contribution in [3.05, 3.63) is 33.5 Å². The van der Waals surface area contributed by atoms with Crippen molar-refractivity contribution in [2.75, 3.05) is 24.6 Å². The molecular formula is C14H16N2OS2. The monoisotopic (exact) mass is 292 g/mol. The number of aromatic nitrogens is 1. The molecule has 0 aliphatic carbocycles. The Morgan fingerprint density at radius 1 is 1.21 bits per heavy atom. The summed E-state index contributed by atoms with van der Waals surface area (Å²) in [6, 6.07) is 2.28. The fourth-order valence-corrected chi connectivity index (χ4v) is 4.85. The minimum atomic E-state index is -0.0126. The van der Waals surface area contributed by atoms with E-state index in [1.807, 2.05) is 22.9 Å². The summed E-state index contributed by atoms with van der Waals surface area (Å²) in [6.45, 7) is 2.97. The van der Waals surface area contributed by atoms with Gasteiger partial charge in [-0.1, -0.05) is 0 Å². The maximum atomic E-state index is 6.22. The second-order valence-electron chi connectivity index (χ2n) is 5.15. The molecule has 4 heterocycles. The van der Waals surface area contributed by atoms with E-state index in [2.05, 4.69) is 21.3 Å². The Morgan fingerprint density at radius 3 is 2.89 bits per heavy atom. The molecule has 1 fully saturated rings. The number of anilines is 1. The van der Waals surface area contributed by atoms with Crippen LogP contribution < -0.4 is 4.90 Å². The summed E-state index contributed by atoms with van der Waals surface area (Å²) in [5.74, 6) is 0. The largest absolute Gasteiger partial charge is 0.370 e. The highest BCUT2D eigenvalue weighted by Crippen LogP contribution is 2.43. The zero-order valence-electron chi connectivity index (χ0n) is 10.7. The molecule has 4 rings (SSSR count). The molecule has 2 aliphatic rings. The number of thiazole rings is 1. The summed E-state index contributed by atoms with van der Waals surface area (Å²) < 4.78 is 6.22. The van der Waals surface area contributed by atoms with E-state index in [0.717, 1.165) is 44.1 Å². The first-order chi connectivity index (χ1) is 9.37. The lowest BCUT2D eigenvalue weighted by Crippen LogP contribution is -2.46. The lowest BCUT2D eigenvalue weighted by molar-refractivity contribution is -0.0756. The van der Waals surface area contributed by atoms with E-state index >= 15 is 0 Å². The Bertz CT molecular complexity index is 556. The van der Waals surface area contributed by atoms with Crippen LogP contribution in [0, 0.1) is 0 Å². The molecule has 19 heavy (non-hydrogen) atoms. The molecule has 1 saturated heterocycles. The first kappa shape index (κ1) is 11.9. The minimum absolute atomic E-state index is 0.0126. The van der Waals surface area contributed by atoms with Crippen molar-refractivity contribution in [2.45, 2.75) is 24.9 Å². The van der Waals surface area contributed by atoms with Gasteiger partial charge in [-0.3, -0.25) is 0 Å². The van der Waals surface area contributed by atoms with Crippen molar-refractivity contribution in [3.8, 4) is 0 Å². The Morgan fingerprint density at radius 2 is 2.11 bits per heavy atom. The molecule has 0 amide bonds. The second kappa shape index (κ2) is 4.58. The third kappa shape index (κ3) is 1.91. The molecule has 0 bridgehead atoms. The fraction of sp³-hybridized carbons (Fsp3) is 0.500. The average molecular weight is 292 g/mol. The number of thiophene rings is 1. The van der Waals surface area contributed by atoms with Crippen LogP contribution in [-0.2, 0) is 16.8 Å². The summed E-state index contributed by atoms with van der Waals surface area (Å²) >= 11 is 3.62. The number of hydrogen-bond acceptors (Lipinski definition) is 5. The van der Waals surface area contributed by atoms with E-state index in [9.17, 15) is 0 Å². The topological polar surface area (TPSA) is 25.4 Å². The van der Waals surface area contributed by atoms with Crippen LogP contribution in [0.15, 0.2) is 23.0 Å². The van der Waals surface area contributed by atoms with Crippen LogP contribution in [0.3, 0.4) is 0 Å². The number of fused-ring (bicyclic) bond motifs is 2. The maximum Gasteiger partial charge on any atom is 0.185 e. The molecule has 0 N–H and O–H groups in total. The van der Waals surface area contributed by atoms with Gasteiger partial charge in [0.25, 0.3) is 0 Å². The highest BCUT2D eigenvalue weighted by molar-refractivity contribution is 7.13. The van der Waals surface area contributed by atoms with Gasteiger partial charge in [-0.05, 0) is 29.9 Å². The molecule has 100 valence electrons. The summed E-state index contributed by atoms with van der Waals surface area (Å²) in [7, 11) is 0. The lowest BCUT2D eigenvalue weighted by atomic mass is 9.82. The van der Waals surface area contributed by atoms with Crippen molar-refractivity contribution in [2.24, 2.45) is 0 Å². The summed E-state index contributed by atoms with van der Waals surface area (Å²) in [5.41, 5.74) is 1.45. The smallest absolute Gasteiger partial charge is 0.185 e. The van der Waals surface area contributed by atoms with Crippen LogP contribution in [0.2, 0.25) is 0 Å². The van der Waals surface area contributed by atoms with Gasteiger partial charge in [-0.15, -0.1) is 22.7 Å². The number of nitrogens with zero attached hydrogens (tertiary/aromatic N) is 2. The van der Waals surface area contributed by atoms with Crippen molar-refractivity contribution >= 4 is 27.8 Å². The van der Waals surface area contributed by atoms with E-state index in [1.54, 1.807) is 11.3 Å². The van der Waals surface area contributed by atoms with E-state index in [0.29, 0.717) is 0 Å². The average Bonchev–Trinajstić information content (AvgIpc) is 3.11. The number of ether oxygens (including phenoxy) is 1. The van der Waals surface area contributed by atoms with E-state index in [-0.39, 0.29) is 5.60 Å². The van der Waals surface area contributed by atoms with Crippen LogP contribution >= 0.6 is 22.7 Å². The minimum Gasteiger partial charge on any atom is -0.370 e. The van der Waals surface area contributed by atoms with Crippen molar-refractivity contribution in [3.63, 3.8) is 0 Å². The molecule has 0 radical (unpaired) electrons. The van der Waals surface area contributed by atoms with Crippen LogP contribution in [0.4, 0.5) is 5.13 Å². The van der Waals surface area contributed by atoms with Gasteiger partial charge in [0.1, 0.15) is 0 Å². The molecule has 2 aliphatic heterocycles. The van der Waals surface area contributed by atoms with Crippen LogP contribution in [-0.4, -0.2) is 24.7 Å². The molecule has 1 spiro atoms. The summed E-state index contributed by atoms with van der Waals surface area (Å²) in [6.07, 6.45) is 5.13. The zero-order chi connectivity index (χ0) is 12.7. The first-order valence-corrected chi connectivity index (χ1v) is 8.49. The predicted molar refractivity (Wildman–Crippen MR) is 79.2 cm³/mol. The molecule has 2 aromatic rings. The van der Waals surface area contributed by atoms with Crippen LogP contribution in [0.1, 0.15) is 23.3 Å². The van der Waals surface area contributed by atoms with Crippen molar-refractivity contribution in [1.82, 2.24) is 4.98 Å². The second-order valence-corrected chi connectivity index (χ2v) is 7.03. The molecule has 0 atom stereocenters. The lowest BCUT2D eigenvalue weighted by Gasteiger charge is -2.44. The standard InChI is InChI=1S/C14H16N2OS2/c1-8-17-14(11-2-9-18-12(1)11)3-6-16(7-4-14)13-15-5-10-19-13/h2,5,9-10H,1,3-4,6-8H2. The van der Waals surface area contributed by atoms with Gasteiger partial charge in [-0.2, -0.15) is 0 Å². The molecule has 5 heteroatoms. The van der Waals surface area contributed by atoms with Gasteiger partial charge in [0.2, 0.25) is 0 Å². The third-order valence-corrected chi connectivity index (χ3v) is 6.02. The van der Waals surface area contributed by atoms with Gasteiger partial charge < -0.3 is 9.64 Å². The van der Waals surface area contributed by atoms with Gasteiger partial charge in [0.15, 0.2) is 5.13 Å². The molecular weight excluding hydrogens is 276 g/mol. The van der Waals surface area contributed by atoms with Crippen molar-refractivity contribution < 1.29 is 4.74 Å². The van der Waals surface area contributed by atoms with E-state index < -0.39 is 0 Å². The predicted octanol–water partition coefficient (Wildman–Crippen LogP) is 3.27. The molecule has 0 unspecified atom stereocenters. The Labute approximate surface area is 120 Å². The van der Waals surface area contributed by atoms with Crippen molar-refractivity contribution in [1.29, 1.82) is 0 Å². The molecule has 3 nitrogen and oxygen atoms in total. The molecule has 2 aromatic heterocycles. The first-order valence-electron chi connectivity index (χ1n) is 6.73. The Hall–Kier alpha value is -0.910. The number of rotatable bonds is 1. The summed E-state index contributed by atoms with van der Waals surface area (Å²) in [5, 5.41) is 5.42. The zero-order valence-corrected chi connectivity index (χ0v) is 12.3. The SMILES string of the molecule is c1csc(N2CCC3(CC2)OCCc2sccc23)n1. The Balaban J connectivity index is 1.57. The molecule has 0 aromatic carbocycles. The highest BCUT2D eigenvalue weighted by Gasteiger charge is 2.41. The highest BCUT2D eigenvalue weighted by atomic mass is 32.1. The van der Waals surface area contributed by atoms with E-state index in [1.165, 1.54) is 10.4 Å². The van der Waals surface area contributed by atoms with Crippen LogP contribution in [0.25, 0.3) is 0 Å². The van der Waals surface area contributed by atoms with Crippen LogP contribution in [0.5, 0.6) is 0 Å². The maximum absolute atomic E-state index is 6.22. The summed E-state index contributed by atoms with van der Waals surface area (Å²) in [4.78, 5) is 8.34. The quantitative estimate of drug-likeness (QED) is 0.806. The van der Waals surface area contributed by atoms with Gasteiger partial charge >= 0.3 is 0 Å². The van der Waals surface area contributed by atoms with Gasteiger partial charge in [-0.25, -0.2) is 4.98 Å². The normalized spacial score (nSPS) is 21.6. The Kier molecular flexibility index (Phi) is 2.86.